The van der Waals surface area contributed by atoms with Crippen LogP contribution in [0.5, 0.6) is 17.4 Å². The van der Waals surface area contributed by atoms with E-state index in [1.54, 1.807) is 7.11 Å². The third-order valence-corrected chi connectivity index (χ3v) is 5.93. The predicted molar refractivity (Wildman–Crippen MR) is 122 cm³/mol. The normalized spacial score (nSPS) is 16.5. The number of morpholine rings is 1. The molecule has 7 nitrogen and oxygen atoms in total. The van der Waals surface area contributed by atoms with Gasteiger partial charge in [0.25, 0.3) is 0 Å². The first kappa shape index (κ1) is 20.7. The molecule has 0 saturated carbocycles. The lowest BCUT2D eigenvalue weighted by Gasteiger charge is -2.32. The molecule has 1 saturated heterocycles. The zero-order valence-electron chi connectivity index (χ0n) is 18.4. The van der Waals surface area contributed by atoms with Gasteiger partial charge in [-0.25, -0.2) is 4.98 Å². The van der Waals surface area contributed by atoms with E-state index < -0.39 is 0 Å². The molecule has 0 spiro atoms. The van der Waals surface area contributed by atoms with Gasteiger partial charge in [-0.1, -0.05) is 36.4 Å². The van der Waals surface area contributed by atoms with E-state index >= 15 is 0 Å². The van der Waals surface area contributed by atoms with E-state index in [0.717, 1.165) is 67.8 Å². The van der Waals surface area contributed by atoms with E-state index in [9.17, 15) is 0 Å². The maximum Gasteiger partial charge on any atom is 0.229 e. The standard InChI is InChI=1S/C25H28N4O3/c1-30-23-10-6-5-7-19(23)17-28-12-11-22-21(18-28)24(32-20-8-3-2-4-9-20)27-25(26-22)29-13-15-31-16-14-29/h2-10H,11-18H2,1H3. The molecule has 5 rings (SSSR count). The average Bonchev–Trinajstić information content (AvgIpc) is 2.86. The van der Waals surface area contributed by atoms with Crippen molar-refractivity contribution in [3.05, 3.63) is 71.4 Å². The second-order valence-corrected chi connectivity index (χ2v) is 8.04. The number of fused-ring (bicyclic) bond motifs is 1. The molecule has 0 aliphatic carbocycles. The molecule has 166 valence electrons. The summed E-state index contributed by atoms with van der Waals surface area (Å²) in [5.41, 5.74) is 3.31. The van der Waals surface area contributed by atoms with Gasteiger partial charge in [-0.3, -0.25) is 4.90 Å². The Balaban J connectivity index is 1.44. The van der Waals surface area contributed by atoms with E-state index in [2.05, 4.69) is 21.9 Å². The Bertz CT molecular complexity index is 1050. The lowest BCUT2D eigenvalue weighted by Crippen LogP contribution is -2.38. The van der Waals surface area contributed by atoms with Gasteiger partial charge in [0.1, 0.15) is 11.5 Å². The molecule has 3 aromatic rings. The highest BCUT2D eigenvalue weighted by Gasteiger charge is 2.26. The lowest BCUT2D eigenvalue weighted by atomic mass is 10.1. The molecule has 0 radical (unpaired) electrons. The van der Waals surface area contributed by atoms with Crippen molar-refractivity contribution >= 4 is 5.95 Å². The van der Waals surface area contributed by atoms with Crippen molar-refractivity contribution in [3.63, 3.8) is 0 Å². The number of ether oxygens (including phenoxy) is 3. The van der Waals surface area contributed by atoms with Crippen LogP contribution in [0.3, 0.4) is 0 Å². The molecule has 0 atom stereocenters. The van der Waals surface area contributed by atoms with Gasteiger partial charge in [-0.2, -0.15) is 4.98 Å². The van der Waals surface area contributed by atoms with Crippen molar-refractivity contribution in [3.8, 4) is 17.4 Å². The van der Waals surface area contributed by atoms with Crippen LogP contribution in [0, 0.1) is 0 Å². The molecule has 2 aliphatic heterocycles. The number of methoxy groups -OCH3 is 1. The van der Waals surface area contributed by atoms with Crippen LogP contribution in [-0.2, 0) is 24.2 Å². The summed E-state index contributed by atoms with van der Waals surface area (Å²) in [6.07, 6.45) is 0.857. The van der Waals surface area contributed by atoms with Gasteiger partial charge in [-0.05, 0) is 18.2 Å². The number of aromatic nitrogens is 2. The fraction of sp³-hybridized carbons (Fsp3) is 0.360. The monoisotopic (exact) mass is 432 g/mol. The first-order chi connectivity index (χ1) is 15.8. The molecule has 32 heavy (non-hydrogen) atoms. The zero-order valence-corrected chi connectivity index (χ0v) is 18.4. The summed E-state index contributed by atoms with van der Waals surface area (Å²) in [6, 6.07) is 18.0. The lowest BCUT2D eigenvalue weighted by molar-refractivity contribution is 0.122. The SMILES string of the molecule is COc1ccccc1CN1CCc2nc(N3CCOCC3)nc(Oc3ccccc3)c2C1. The Hall–Kier alpha value is -3.16. The Kier molecular flexibility index (Phi) is 6.18. The van der Waals surface area contributed by atoms with Crippen LogP contribution in [0.4, 0.5) is 5.95 Å². The van der Waals surface area contributed by atoms with Gasteiger partial charge < -0.3 is 19.1 Å². The molecule has 2 aromatic carbocycles. The van der Waals surface area contributed by atoms with Crippen molar-refractivity contribution in [2.24, 2.45) is 0 Å². The van der Waals surface area contributed by atoms with E-state index in [4.69, 9.17) is 24.2 Å². The van der Waals surface area contributed by atoms with Crippen LogP contribution in [0.2, 0.25) is 0 Å². The maximum absolute atomic E-state index is 6.29. The third kappa shape index (κ3) is 4.54. The van der Waals surface area contributed by atoms with Crippen molar-refractivity contribution in [1.82, 2.24) is 14.9 Å². The van der Waals surface area contributed by atoms with Crippen LogP contribution in [0.1, 0.15) is 16.8 Å². The number of hydrogen-bond donors (Lipinski definition) is 0. The number of rotatable bonds is 6. The summed E-state index contributed by atoms with van der Waals surface area (Å²) in [7, 11) is 1.72. The number of benzene rings is 2. The Morgan fingerprint density at radius 3 is 2.53 bits per heavy atom. The second-order valence-electron chi connectivity index (χ2n) is 8.04. The summed E-state index contributed by atoms with van der Waals surface area (Å²) in [5, 5.41) is 0. The van der Waals surface area contributed by atoms with E-state index in [0.29, 0.717) is 19.1 Å². The summed E-state index contributed by atoms with van der Waals surface area (Å²) < 4.78 is 17.3. The Morgan fingerprint density at radius 2 is 1.72 bits per heavy atom. The van der Waals surface area contributed by atoms with Crippen LogP contribution < -0.4 is 14.4 Å². The van der Waals surface area contributed by atoms with Crippen LogP contribution in [-0.4, -0.2) is 54.8 Å². The largest absolute Gasteiger partial charge is 0.496 e. The first-order valence-electron chi connectivity index (χ1n) is 11.1. The van der Waals surface area contributed by atoms with Crippen molar-refractivity contribution in [2.75, 3.05) is 44.9 Å². The molecular weight excluding hydrogens is 404 g/mol. The fourth-order valence-electron chi connectivity index (χ4n) is 4.23. The number of anilines is 1. The zero-order chi connectivity index (χ0) is 21.8. The summed E-state index contributed by atoms with van der Waals surface area (Å²) in [4.78, 5) is 14.4. The minimum absolute atomic E-state index is 0.646. The average molecular weight is 433 g/mol. The summed E-state index contributed by atoms with van der Waals surface area (Å²) in [6.45, 7) is 5.45. The third-order valence-electron chi connectivity index (χ3n) is 5.93. The summed E-state index contributed by atoms with van der Waals surface area (Å²) >= 11 is 0. The molecule has 7 heteroatoms. The molecule has 0 N–H and O–H groups in total. The molecule has 0 amide bonds. The van der Waals surface area contributed by atoms with E-state index in [1.807, 2.05) is 42.5 Å². The number of hydrogen-bond acceptors (Lipinski definition) is 7. The van der Waals surface area contributed by atoms with E-state index in [-0.39, 0.29) is 0 Å². The highest BCUT2D eigenvalue weighted by atomic mass is 16.5. The Labute approximate surface area is 188 Å². The molecule has 1 aromatic heterocycles. The van der Waals surface area contributed by atoms with Crippen LogP contribution in [0.15, 0.2) is 54.6 Å². The van der Waals surface area contributed by atoms with Gasteiger partial charge >= 0.3 is 0 Å². The highest BCUT2D eigenvalue weighted by Crippen LogP contribution is 2.32. The number of nitrogens with zero attached hydrogens (tertiary/aromatic N) is 4. The van der Waals surface area contributed by atoms with Gasteiger partial charge in [0.05, 0.1) is 31.6 Å². The van der Waals surface area contributed by atoms with E-state index in [1.165, 1.54) is 5.56 Å². The van der Waals surface area contributed by atoms with Crippen molar-refractivity contribution in [2.45, 2.75) is 19.5 Å². The molecular formula is C25H28N4O3. The first-order valence-corrected chi connectivity index (χ1v) is 11.1. The molecule has 1 fully saturated rings. The molecule has 0 unspecified atom stereocenters. The maximum atomic E-state index is 6.29. The van der Waals surface area contributed by atoms with Crippen molar-refractivity contribution in [1.29, 1.82) is 0 Å². The van der Waals surface area contributed by atoms with Crippen molar-refractivity contribution < 1.29 is 14.2 Å². The Morgan fingerprint density at radius 1 is 0.938 bits per heavy atom. The fourth-order valence-corrected chi connectivity index (χ4v) is 4.23. The minimum Gasteiger partial charge on any atom is -0.496 e. The predicted octanol–water partition coefficient (Wildman–Crippen LogP) is 3.67. The smallest absolute Gasteiger partial charge is 0.229 e. The van der Waals surface area contributed by atoms with Crippen LogP contribution >= 0.6 is 0 Å². The highest BCUT2D eigenvalue weighted by molar-refractivity contribution is 5.44. The minimum atomic E-state index is 0.646. The molecule has 3 heterocycles. The van der Waals surface area contributed by atoms with Crippen LogP contribution in [0.25, 0.3) is 0 Å². The second kappa shape index (κ2) is 9.54. The molecule has 2 aliphatic rings. The van der Waals surface area contributed by atoms with Gasteiger partial charge in [-0.15, -0.1) is 0 Å². The number of para-hydroxylation sites is 2. The van der Waals surface area contributed by atoms with Gasteiger partial charge in [0.15, 0.2) is 0 Å². The van der Waals surface area contributed by atoms with Gasteiger partial charge in [0.2, 0.25) is 11.8 Å². The summed E-state index contributed by atoms with van der Waals surface area (Å²) in [5.74, 6) is 3.07. The van der Waals surface area contributed by atoms with Gasteiger partial charge in [0, 0.05) is 44.7 Å². The quantitative estimate of drug-likeness (QED) is 0.589. The topological polar surface area (TPSA) is 60.0 Å². The molecule has 0 bridgehead atoms.